The molecule has 0 saturated carbocycles. The predicted molar refractivity (Wildman–Crippen MR) is 90.3 cm³/mol. The van der Waals surface area contributed by atoms with E-state index < -0.39 is 0 Å². The number of aromatic amines is 1. The third kappa shape index (κ3) is 2.80. The summed E-state index contributed by atoms with van der Waals surface area (Å²) in [5, 5.41) is 0. The van der Waals surface area contributed by atoms with Crippen LogP contribution in [0.25, 0.3) is 16.9 Å². The van der Waals surface area contributed by atoms with E-state index in [-0.39, 0.29) is 11.7 Å². The van der Waals surface area contributed by atoms with Gasteiger partial charge in [-0.15, -0.1) is 0 Å². The van der Waals surface area contributed by atoms with E-state index in [4.69, 9.17) is 9.47 Å². The number of methoxy groups -OCH3 is 1. The van der Waals surface area contributed by atoms with Crippen LogP contribution in [0.15, 0.2) is 59.8 Å². The lowest BCUT2D eigenvalue weighted by Gasteiger charge is -2.06. The average Bonchev–Trinajstić information content (AvgIpc) is 2.98. The smallest absolute Gasteiger partial charge is 0.332 e. The second kappa shape index (κ2) is 6.08. The van der Waals surface area contributed by atoms with E-state index in [9.17, 15) is 4.79 Å². The van der Waals surface area contributed by atoms with E-state index in [1.165, 1.54) is 17.0 Å². The van der Waals surface area contributed by atoms with Gasteiger partial charge >= 0.3 is 11.7 Å². The number of ether oxygens (including phenoxy) is 2. The van der Waals surface area contributed by atoms with Gasteiger partial charge in [0.05, 0.1) is 30.7 Å². The van der Waals surface area contributed by atoms with Crippen LogP contribution < -0.4 is 15.2 Å². The molecule has 0 fully saturated rings. The minimum atomic E-state index is -0.307. The zero-order valence-corrected chi connectivity index (χ0v) is 13.2. The van der Waals surface area contributed by atoms with Crippen LogP contribution in [0, 0.1) is 0 Å². The predicted octanol–water partition coefficient (Wildman–Crippen LogP) is 2.30. The highest BCUT2D eigenvalue weighted by atomic mass is 16.5. The van der Waals surface area contributed by atoms with Crippen LogP contribution in [-0.4, -0.2) is 31.6 Å². The number of nitrogens with zero attached hydrogens (tertiary/aromatic N) is 4. The molecular weight excluding hydrogens is 322 g/mol. The van der Waals surface area contributed by atoms with Crippen molar-refractivity contribution in [1.29, 1.82) is 0 Å². The molecule has 4 rings (SSSR count). The summed E-state index contributed by atoms with van der Waals surface area (Å²) in [6.07, 6.45) is 4.63. The minimum absolute atomic E-state index is 0.165. The van der Waals surface area contributed by atoms with Gasteiger partial charge in [0.15, 0.2) is 5.65 Å². The maximum absolute atomic E-state index is 12.2. The lowest BCUT2D eigenvalue weighted by Crippen LogP contribution is -2.15. The third-order valence-electron chi connectivity index (χ3n) is 3.57. The van der Waals surface area contributed by atoms with Crippen LogP contribution in [0.5, 0.6) is 17.5 Å². The quantitative estimate of drug-likeness (QED) is 0.615. The monoisotopic (exact) mass is 335 g/mol. The number of pyridine rings is 1. The van der Waals surface area contributed by atoms with Gasteiger partial charge in [0, 0.05) is 12.3 Å². The van der Waals surface area contributed by atoms with Gasteiger partial charge < -0.3 is 14.5 Å². The molecule has 0 aliphatic heterocycles. The zero-order chi connectivity index (χ0) is 17.2. The zero-order valence-electron chi connectivity index (χ0n) is 13.2. The van der Waals surface area contributed by atoms with Gasteiger partial charge in [0.2, 0.25) is 0 Å². The Morgan fingerprint density at radius 3 is 2.64 bits per heavy atom. The van der Waals surface area contributed by atoms with Crippen LogP contribution >= 0.6 is 0 Å². The normalized spacial score (nSPS) is 10.8. The summed E-state index contributed by atoms with van der Waals surface area (Å²) in [6, 6.07) is 10.8. The molecule has 0 amide bonds. The number of rotatable bonds is 4. The van der Waals surface area contributed by atoms with E-state index in [1.54, 1.807) is 43.6 Å². The molecule has 4 aromatic rings. The summed E-state index contributed by atoms with van der Waals surface area (Å²) in [4.78, 5) is 27.4. The number of imidazole rings is 1. The van der Waals surface area contributed by atoms with Gasteiger partial charge in [-0.2, -0.15) is 0 Å². The van der Waals surface area contributed by atoms with E-state index in [0.29, 0.717) is 28.4 Å². The Kier molecular flexibility index (Phi) is 3.62. The molecule has 124 valence electrons. The third-order valence-corrected chi connectivity index (χ3v) is 3.57. The van der Waals surface area contributed by atoms with Crippen molar-refractivity contribution in [3.05, 3.63) is 65.5 Å². The second-order valence-electron chi connectivity index (χ2n) is 5.15. The summed E-state index contributed by atoms with van der Waals surface area (Å²) in [5.74, 6) is 1.23. The molecule has 3 aromatic heterocycles. The summed E-state index contributed by atoms with van der Waals surface area (Å²) in [5.41, 5.74) is 1.34. The molecule has 0 radical (unpaired) electrons. The van der Waals surface area contributed by atoms with Gasteiger partial charge in [-0.1, -0.05) is 6.07 Å². The Labute approximate surface area is 141 Å². The van der Waals surface area contributed by atoms with Crippen LogP contribution in [0.1, 0.15) is 0 Å². The first-order valence-corrected chi connectivity index (χ1v) is 7.45. The molecule has 0 aliphatic rings. The molecule has 1 N–H and O–H groups in total. The fraction of sp³-hybridized carbons (Fsp3) is 0.0588. The summed E-state index contributed by atoms with van der Waals surface area (Å²) in [6.45, 7) is 0. The molecule has 0 saturated heterocycles. The maximum atomic E-state index is 12.2. The van der Waals surface area contributed by atoms with E-state index in [2.05, 4.69) is 19.9 Å². The summed E-state index contributed by atoms with van der Waals surface area (Å²) in [7, 11) is 1.58. The Bertz CT molecular complexity index is 1090. The van der Waals surface area contributed by atoms with Crippen molar-refractivity contribution in [1.82, 2.24) is 24.5 Å². The number of benzene rings is 1. The molecule has 8 nitrogen and oxygen atoms in total. The van der Waals surface area contributed by atoms with Crippen LogP contribution in [-0.2, 0) is 0 Å². The second-order valence-corrected chi connectivity index (χ2v) is 5.15. The van der Waals surface area contributed by atoms with Crippen LogP contribution in [0.3, 0.4) is 0 Å². The first-order valence-electron chi connectivity index (χ1n) is 7.45. The Morgan fingerprint density at radius 2 is 1.84 bits per heavy atom. The van der Waals surface area contributed by atoms with Crippen LogP contribution in [0.4, 0.5) is 0 Å². The van der Waals surface area contributed by atoms with Crippen molar-refractivity contribution in [3.63, 3.8) is 0 Å². The Balaban J connectivity index is 1.65. The van der Waals surface area contributed by atoms with E-state index >= 15 is 0 Å². The van der Waals surface area contributed by atoms with E-state index in [1.807, 2.05) is 6.07 Å². The Morgan fingerprint density at radius 1 is 1.04 bits per heavy atom. The first kappa shape index (κ1) is 14.9. The van der Waals surface area contributed by atoms with Gasteiger partial charge in [0.1, 0.15) is 11.5 Å². The largest absolute Gasteiger partial charge is 0.497 e. The number of nitrogens with one attached hydrogen (secondary N) is 1. The number of fused-ring (bicyclic) bond motifs is 1. The van der Waals surface area contributed by atoms with Crippen LogP contribution in [0.2, 0.25) is 0 Å². The highest BCUT2D eigenvalue weighted by molar-refractivity contribution is 5.72. The van der Waals surface area contributed by atoms with Gasteiger partial charge in [-0.25, -0.2) is 24.3 Å². The number of hydrogen-bond donors (Lipinski definition) is 1. The van der Waals surface area contributed by atoms with Crippen molar-refractivity contribution >= 4 is 11.2 Å². The number of H-pyrrole nitrogens is 1. The SMILES string of the molecule is COc1cccc(Oc2ncc(-n3c(=O)[nH]c4cccnc43)cn2)c1. The van der Waals surface area contributed by atoms with Gasteiger partial charge in [-0.3, -0.25) is 0 Å². The molecule has 0 bridgehead atoms. The molecular formula is C17H13N5O3. The Hall–Kier alpha value is -3.68. The molecule has 0 unspecified atom stereocenters. The van der Waals surface area contributed by atoms with Crippen molar-refractivity contribution in [2.75, 3.05) is 7.11 Å². The molecule has 0 atom stereocenters. The topological polar surface area (TPSA) is 94.9 Å². The summed E-state index contributed by atoms with van der Waals surface area (Å²) < 4.78 is 12.2. The molecule has 25 heavy (non-hydrogen) atoms. The summed E-state index contributed by atoms with van der Waals surface area (Å²) >= 11 is 0. The highest BCUT2D eigenvalue weighted by Crippen LogP contribution is 2.23. The molecule has 3 heterocycles. The van der Waals surface area contributed by atoms with Crippen molar-refractivity contribution in [2.45, 2.75) is 0 Å². The number of hydrogen-bond acceptors (Lipinski definition) is 6. The lowest BCUT2D eigenvalue weighted by molar-refractivity contribution is 0.404. The molecule has 0 spiro atoms. The lowest BCUT2D eigenvalue weighted by atomic mass is 10.3. The fourth-order valence-corrected chi connectivity index (χ4v) is 2.43. The number of aromatic nitrogens is 5. The average molecular weight is 335 g/mol. The standard InChI is InChI=1S/C17H13N5O3/c1-24-12-4-2-5-13(8-12)25-16-19-9-11(10-20-16)22-15-14(21-17(22)23)6-3-7-18-15/h2-10H,1H3,(H,21,23). The van der Waals surface area contributed by atoms with Crippen molar-refractivity contribution in [2.24, 2.45) is 0 Å². The fourth-order valence-electron chi connectivity index (χ4n) is 2.43. The molecule has 8 heteroatoms. The minimum Gasteiger partial charge on any atom is -0.497 e. The highest BCUT2D eigenvalue weighted by Gasteiger charge is 2.11. The van der Waals surface area contributed by atoms with Gasteiger partial charge in [0.25, 0.3) is 0 Å². The van der Waals surface area contributed by atoms with Gasteiger partial charge in [-0.05, 0) is 24.3 Å². The van der Waals surface area contributed by atoms with Crippen molar-refractivity contribution < 1.29 is 9.47 Å². The van der Waals surface area contributed by atoms with E-state index in [0.717, 1.165) is 0 Å². The first-order chi connectivity index (χ1) is 12.2. The maximum Gasteiger partial charge on any atom is 0.332 e. The molecule has 0 aliphatic carbocycles. The van der Waals surface area contributed by atoms with Crippen molar-refractivity contribution in [3.8, 4) is 23.2 Å². The molecule has 1 aromatic carbocycles.